The van der Waals surface area contributed by atoms with Crippen LogP contribution in [0.5, 0.6) is 0 Å². The normalized spacial score (nSPS) is 15.1. The maximum atomic E-state index is 12.7. The SMILES string of the molecule is Cc1ccc(C(C)(C)c2csc(NC(=O)c3ccc(CN4CCNCC4)nc3)n2)cc1. The molecule has 2 N–H and O–H groups in total. The van der Waals surface area contributed by atoms with Crippen molar-refractivity contribution in [3.8, 4) is 0 Å². The molecule has 1 saturated heterocycles. The first-order valence-electron chi connectivity index (χ1n) is 10.6. The van der Waals surface area contributed by atoms with E-state index in [1.54, 1.807) is 6.20 Å². The van der Waals surface area contributed by atoms with Crippen LogP contribution in [0.4, 0.5) is 5.13 Å². The maximum Gasteiger partial charge on any atom is 0.259 e. The van der Waals surface area contributed by atoms with E-state index < -0.39 is 0 Å². The highest BCUT2D eigenvalue weighted by atomic mass is 32.1. The highest BCUT2D eigenvalue weighted by Gasteiger charge is 2.26. The molecule has 3 heterocycles. The maximum absolute atomic E-state index is 12.7. The lowest BCUT2D eigenvalue weighted by Gasteiger charge is -2.26. The zero-order valence-electron chi connectivity index (χ0n) is 18.3. The summed E-state index contributed by atoms with van der Waals surface area (Å²) in [6.45, 7) is 11.3. The third-order valence-corrected chi connectivity index (χ3v) is 6.58. The van der Waals surface area contributed by atoms with Crippen molar-refractivity contribution in [1.29, 1.82) is 0 Å². The molecule has 0 bridgehead atoms. The molecule has 0 aliphatic carbocycles. The molecule has 2 aromatic heterocycles. The molecule has 4 rings (SSSR count). The van der Waals surface area contributed by atoms with Crippen LogP contribution >= 0.6 is 11.3 Å². The Bertz CT molecular complexity index is 1020. The summed E-state index contributed by atoms with van der Waals surface area (Å²) in [6, 6.07) is 12.3. The standard InChI is InChI=1S/C24H29N5OS/c1-17-4-7-19(8-5-17)24(2,3)21-16-31-23(27-21)28-22(30)18-6-9-20(26-14-18)15-29-12-10-25-11-13-29/h4-9,14,16,25H,10-13,15H2,1-3H3,(H,27,28,30). The van der Waals surface area contributed by atoms with Crippen molar-refractivity contribution in [2.45, 2.75) is 32.7 Å². The van der Waals surface area contributed by atoms with Crippen molar-refractivity contribution < 1.29 is 4.79 Å². The Kier molecular flexibility index (Phi) is 6.46. The highest BCUT2D eigenvalue weighted by molar-refractivity contribution is 7.14. The number of carbonyl (C=O) groups excluding carboxylic acids is 1. The number of anilines is 1. The van der Waals surface area contributed by atoms with Crippen LogP contribution in [0.1, 0.15) is 46.7 Å². The van der Waals surface area contributed by atoms with Gasteiger partial charge in [-0.2, -0.15) is 0 Å². The fourth-order valence-electron chi connectivity index (χ4n) is 3.66. The molecule has 1 aliphatic heterocycles. The van der Waals surface area contributed by atoms with Crippen LogP contribution in [0.2, 0.25) is 0 Å². The van der Waals surface area contributed by atoms with E-state index in [4.69, 9.17) is 4.98 Å². The summed E-state index contributed by atoms with van der Waals surface area (Å²) in [5.41, 5.74) is 4.67. The second kappa shape index (κ2) is 9.26. The van der Waals surface area contributed by atoms with Crippen LogP contribution in [-0.4, -0.2) is 47.0 Å². The minimum atomic E-state index is -0.236. The number of hydrogen-bond donors (Lipinski definition) is 2. The first-order valence-corrected chi connectivity index (χ1v) is 11.5. The summed E-state index contributed by atoms with van der Waals surface area (Å²) in [5.74, 6) is -0.185. The lowest BCUT2D eigenvalue weighted by atomic mass is 9.82. The first kappa shape index (κ1) is 21.6. The van der Waals surface area contributed by atoms with Gasteiger partial charge in [-0.1, -0.05) is 43.7 Å². The summed E-state index contributed by atoms with van der Waals surface area (Å²) in [7, 11) is 0. The molecule has 1 aromatic carbocycles. The highest BCUT2D eigenvalue weighted by Crippen LogP contribution is 2.33. The monoisotopic (exact) mass is 435 g/mol. The number of aryl methyl sites for hydroxylation is 1. The number of nitrogens with zero attached hydrogens (tertiary/aromatic N) is 3. The number of benzene rings is 1. The van der Waals surface area contributed by atoms with Gasteiger partial charge in [0.25, 0.3) is 5.91 Å². The van der Waals surface area contributed by atoms with Crippen molar-refractivity contribution in [2.24, 2.45) is 0 Å². The van der Waals surface area contributed by atoms with E-state index in [9.17, 15) is 4.79 Å². The smallest absolute Gasteiger partial charge is 0.259 e. The van der Waals surface area contributed by atoms with E-state index in [-0.39, 0.29) is 11.3 Å². The fourth-order valence-corrected chi connectivity index (χ4v) is 4.53. The zero-order chi connectivity index (χ0) is 21.8. The third-order valence-electron chi connectivity index (χ3n) is 5.82. The van der Waals surface area contributed by atoms with Gasteiger partial charge in [0.05, 0.1) is 17.0 Å². The Hall–Kier alpha value is -2.61. The lowest BCUT2D eigenvalue weighted by molar-refractivity contribution is 0.102. The van der Waals surface area contributed by atoms with Gasteiger partial charge in [0.1, 0.15) is 0 Å². The number of rotatable bonds is 6. The van der Waals surface area contributed by atoms with Crippen LogP contribution in [-0.2, 0) is 12.0 Å². The second-order valence-electron chi connectivity index (χ2n) is 8.55. The van der Waals surface area contributed by atoms with Crippen LogP contribution in [0.3, 0.4) is 0 Å². The van der Waals surface area contributed by atoms with Gasteiger partial charge in [-0.25, -0.2) is 4.98 Å². The van der Waals surface area contributed by atoms with Crippen LogP contribution in [0.15, 0.2) is 48.0 Å². The van der Waals surface area contributed by atoms with Crippen molar-refractivity contribution >= 4 is 22.4 Å². The van der Waals surface area contributed by atoms with E-state index in [1.165, 1.54) is 22.5 Å². The predicted molar refractivity (Wildman–Crippen MR) is 126 cm³/mol. The molecule has 1 fully saturated rings. The molecule has 3 aromatic rings. The van der Waals surface area contributed by atoms with Gasteiger partial charge in [-0.05, 0) is 24.6 Å². The van der Waals surface area contributed by atoms with Gasteiger partial charge >= 0.3 is 0 Å². The molecular formula is C24H29N5OS. The van der Waals surface area contributed by atoms with Gasteiger partial charge in [0.15, 0.2) is 5.13 Å². The summed E-state index contributed by atoms with van der Waals surface area (Å²) >= 11 is 1.45. The number of thiazole rings is 1. The van der Waals surface area contributed by atoms with Crippen LogP contribution in [0.25, 0.3) is 0 Å². The van der Waals surface area contributed by atoms with Crippen LogP contribution in [0, 0.1) is 6.92 Å². The number of pyridine rings is 1. The van der Waals surface area contributed by atoms with Gasteiger partial charge in [0, 0.05) is 49.7 Å². The van der Waals surface area contributed by atoms with Crippen LogP contribution < -0.4 is 10.6 Å². The van der Waals surface area contributed by atoms with Gasteiger partial charge < -0.3 is 5.32 Å². The van der Waals surface area contributed by atoms with E-state index >= 15 is 0 Å². The molecule has 0 atom stereocenters. The Morgan fingerprint density at radius 1 is 1.16 bits per heavy atom. The fraction of sp³-hybridized carbons (Fsp3) is 0.375. The largest absolute Gasteiger partial charge is 0.314 e. The molecular weight excluding hydrogens is 406 g/mol. The Morgan fingerprint density at radius 2 is 1.90 bits per heavy atom. The minimum absolute atomic E-state index is 0.185. The predicted octanol–water partition coefficient (Wildman–Crippen LogP) is 3.83. The molecule has 162 valence electrons. The van der Waals surface area contributed by atoms with Crippen molar-refractivity contribution in [3.63, 3.8) is 0 Å². The molecule has 1 aliphatic rings. The molecule has 0 unspecified atom stereocenters. The molecule has 0 spiro atoms. The van der Waals surface area contributed by atoms with Crippen molar-refractivity contribution in [2.75, 3.05) is 31.5 Å². The summed E-state index contributed by atoms with van der Waals surface area (Å²) in [5, 5.41) is 8.89. The van der Waals surface area contributed by atoms with E-state index in [0.717, 1.165) is 44.1 Å². The average Bonchev–Trinajstić information content (AvgIpc) is 3.25. The van der Waals surface area contributed by atoms with E-state index in [1.807, 2.05) is 17.5 Å². The Balaban J connectivity index is 1.40. The Labute approximate surface area is 187 Å². The van der Waals surface area contributed by atoms with E-state index in [0.29, 0.717) is 10.7 Å². The van der Waals surface area contributed by atoms with E-state index in [2.05, 4.69) is 65.6 Å². The molecule has 6 nitrogen and oxygen atoms in total. The third kappa shape index (κ3) is 5.18. The molecule has 31 heavy (non-hydrogen) atoms. The number of piperazine rings is 1. The number of nitrogens with one attached hydrogen (secondary N) is 2. The molecule has 0 saturated carbocycles. The number of hydrogen-bond acceptors (Lipinski definition) is 6. The molecule has 0 radical (unpaired) electrons. The lowest BCUT2D eigenvalue weighted by Crippen LogP contribution is -2.43. The summed E-state index contributed by atoms with van der Waals surface area (Å²) < 4.78 is 0. The topological polar surface area (TPSA) is 70.2 Å². The number of amides is 1. The van der Waals surface area contributed by atoms with Crippen molar-refractivity contribution in [1.82, 2.24) is 20.2 Å². The zero-order valence-corrected chi connectivity index (χ0v) is 19.1. The second-order valence-corrected chi connectivity index (χ2v) is 9.41. The first-order chi connectivity index (χ1) is 14.9. The Morgan fingerprint density at radius 3 is 2.58 bits per heavy atom. The minimum Gasteiger partial charge on any atom is -0.314 e. The average molecular weight is 436 g/mol. The van der Waals surface area contributed by atoms with Crippen molar-refractivity contribution in [3.05, 3.63) is 76.1 Å². The molecule has 7 heteroatoms. The summed E-state index contributed by atoms with van der Waals surface area (Å²) in [4.78, 5) is 24.2. The number of carbonyl (C=O) groups is 1. The molecule has 1 amide bonds. The van der Waals surface area contributed by atoms with Gasteiger partial charge in [-0.3, -0.25) is 20.0 Å². The quantitative estimate of drug-likeness (QED) is 0.616. The van der Waals surface area contributed by atoms with Gasteiger partial charge in [0.2, 0.25) is 0 Å². The van der Waals surface area contributed by atoms with Gasteiger partial charge in [-0.15, -0.1) is 11.3 Å². The number of aromatic nitrogens is 2. The summed E-state index contributed by atoms with van der Waals surface area (Å²) in [6.07, 6.45) is 1.65.